The van der Waals surface area contributed by atoms with Crippen LogP contribution in [0.25, 0.3) is 11.0 Å². The Morgan fingerprint density at radius 1 is 1.14 bits per heavy atom. The first-order valence-corrected chi connectivity index (χ1v) is 11.3. The van der Waals surface area contributed by atoms with E-state index in [2.05, 4.69) is 6.58 Å². The molecule has 0 radical (unpaired) electrons. The highest BCUT2D eigenvalue weighted by Gasteiger charge is 2.61. The zero-order valence-corrected chi connectivity index (χ0v) is 19.5. The molecule has 35 heavy (non-hydrogen) atoms. The lowest BCUT2D eigenvalue weighted by Crippen LogP contribution is -2.68. The van der Waals surface area contributed by atoms with Gasteiger partial charge in [0.25, 0.3) is 5.91 Å². The molecule has 0 bridgehead atoms. The van der Waals surface area contributed by atoms with Crippen molar-refractivity contribution >= 4 is 34.4 Å². The Balaban J connectivity index is 1.56. The molecule has 8 nitrogen and oxygen atoms in total. The number of amides is 2. The zero-order chi connectivity index (χ0) is 24.9. The van der Waals surface area contributed by atoms with Crippen LogP contribution in [0.4, 0.5) is 5.69 Å². The monoisotopic (exact) mass is 472 g/mol. The van der Waals surface area contributed by atoms with Crippen LogP contribution in [-0.4, -0.2) is 34.9 Å². The number of fused-ring (bicyclic) bond motifs is 4. The number of hydrogen-bond acceptors (Lipinski definition) is 6. The molecule has 0 saturated carbocycles. The van der Waals surface area contributed by atoms with Gasteiger partial charge in [-0.3, -0.25) is 14.5 Å². The number of nitrogens with zero attached hydrogens (tertiary/aromatic N) is 2. The summed E-state index contributed by atoms with van der Waals surface area (Å²) in [6.45, 7) is 7.42. The van der Waals surface area contributed by atoms with E-state index in [-0.39, 0.29) is 37.8 Å². The lowest BCUT2D eigenvalue weighted by atomic mass is 9.96. The molecule has 1 atom stereocenters. The third kappa shape index (κ3) is 3.36. The van der Waals surface area contributed by atoms with E-state index >= 15 is 0 Å². The molecule has 3 heterocycles. The van der Waals surface area contributed by atoms with Gasteiger partial charge >= 0.3 is 11.6 Å². The molecule has 2 amide bonds. The van der Waals surface area contributed by atoms with E-state index in [1.54, 1.807) is 30.3 Å². The molecule has 8 heteroatoms. The van der Waals surface area contributed by atoms with Crippen molar-refractivity contribution in [3.05, 3.63) is 87.8 Å². The van der Waals surface area contributed by atoms with Crippen molar-refractivity contribution in [1.82, 2.24) is 4.90 Å². The van der Waals surface area contributed by atoms with Gasteiger partial charge < -0.3 is 14.1 Å². The van der Waals surface area contributed by atoms with Crippen molar-refractivity contribution in [1.29, 1.82) is 0 Å². The number of ether oxygens (including phenoxy) is 1. The topological polar surface area (TPSA) is 97.1 Å². The van der Waals surface area contributed by atoms with E-state index in [0.717, 1.165) is 11.1 Å². The van der Waals surface area contributed by atoms with Crippen molar-refractivity contribution in [2.24, 2.45) is 0 Å². The maximum atomic E-state index is 13.8. The van der Waals surface area contributed by atoms with Crippen molar-refractivity contribution in [2.45, 2.75) is 39.0 Å². The number of esters is 1. The molecule has 1 unspecified atom stereocenters. The standard InChI is InChI=1S/C27H24N2O6/c1-4-11-28-25(32)19-7-5-6-8-21(19)29-23(30)9-10-27(28,29)26(33)34-15-18-14-24(31)35-22-13-17(3)16(2)12-20(18)22/h4-8,12-14H,1,9-11,15H2,2-3H3. The summed E-state index contributed by atoms with van der Waals surface area (Å²) in [7, 11) is 0. The van der Waals surface area contributed by atoms with Gasteiger partial charge in [-0.1, -0.05) is 18.2 Å². The zero-order valence-electron chi connectivity index (χ0n) is 19.5. The fourth-order valence-corrected chi connectivity index (χ4v) is 4.99. The Bertz CT molecular complexity index is 1470. The fourth-order valence-electron chi connectivity index (χ4n) is 4.99. The van der Waals surface area contributed by atoms with E-state index in [9.17, 15) is 19.2 Å². The number of hydrogen-bond donors (Lipinski definition) is 0. The third-order valence-corrected chi connectivity index (χ3v) is 6.82. The summed E-state index contributed by atoms with van der Waals surface area (Å²) in [4.78, 5) is 55.1. The highest BCUT2D eigenvalue weighted by Crippen LogP contribution is 2.45. The molecule has 1 fully saturated rings. The lowest BCUT2D eigenvalue weighted by Gasteiger charge is -2.48. The molecule has 2 aromatic carbocycles. The molecule has 0 aliphatic carbocycles. The second-order valence-corrected chi connectivity index (χ2v) is 8.87. The maximum absolute atomic E-state index is 13.8. The molecular weight excluding hydrogens is 448 g/mol. The summed E-state index contributed by atoms with van der Waals surface area (Å²) in [6, 6.07) is 11.7. The molecule has 178 valence electrons. The van der Waals surface area contributed by atoms with Crippen LogP contribution in [-0.2, 0) is 20.9 Å². The predicted molar refractivity (Wildman–Crippen MR) is 129 cm³/mol. The Morgan fingerprint density at radius 2 is 1.89 bits per heavy atom. The Labute approximate surface area is 201 Å². The van der Waals surface area contributed by atoms with Gasteiger partial charge in [0.05, 0.1) is 11.3 Å². The summed E-state index contributed by atoms with van der Waals surface area (Å²) in [5.74, 6) is -1.38. The number of carbonyl (C=O) groups is 3. The first-order chi connectivity index (χ1) is 16.8. The molecule has 2 aliphatic rings. The molecule has 5 rings (SSSR count). The largest absolute Gasteiger partial charge is 0.458 e. The van der Waals surface area contributed by atoms with Crippen LogP contribution in [0, 0.1) is 13.8 Å². The molecule has 3 aromatic rings. The van der Waals surface area contributed by atoms with Gasteiger partial charge in [-0.05, 0) is 49.2 Å². The summed E-state index contributed by atoms with van der Waals surface area (Å²) in [6.07, 6.45) is 1.69. The van der Waals surface area contributed by atoms with Gasteiger partial charge in [0, 0.05) is 36.4 Å². The van der Waals surface area contributed by atoms with Gasteiger partial charge in [0.1, 0.15) is 12.2 Å². The highest BCUT2D eigenvalue weighted by atomic mass is 16.5. The number of rotatable bonds is 5. The number of carbonyl (C=O) groups excluding carboxylic acids is 3. The Morgan fingerprint density at radius 3 is 2.66 bits per heavy atom. The highest BCUT2D eigenvalue weighted by molar-refractivity contribution is 6.15. The minimum Gasteiger partial charge on any atom is -0.458 e. The minimum absolute atomic E-state index is 0.0579. The molecule has 1 saturated heterocycles. The molecule has 0 spiro atoms. The molecular formula is C27H24N2O6. The molecule has 1 aromatic heterocycles. The van der Waals surface area contributed by atoms with E-state index < -0.39 is 17.3 Å². The number of aryl methyl sites for hydroxylation is 2. The predicted octanol–water partition coefficient (Wildman–Crippen LogP) is 3.62. The maximum Gasteiger partial charge on any atom is 0.354 e. The van der Waals surface area contributed by atoms with Gasteiger partial charge in [0.2, 0.25) is 11.6 Å². The van der Waals surface area contributed by atoms with Crippen LogP contribution in [0.2, 0.25) is 0 Å². The first-order valence-electron chi connectivity index (χ1n) is 11.3. The lowest BCUT2D eigenvalue weighted by molar-refractivity contribution is -0.158. The summed E-state index contributed by atoms with van der Waals surface area (Å²) in [5.41, 5.74) is 1.39. The normalized spacial score (nSPS) is 19.0. The second kappa shape index (κ2) is 8.23. The van der Waals surface area contributed by atoms with Crippen molar-refractivity contribution < 1.29 is 23.5 Å². The van der Waals surface area contributed by atoms with Gasteiger partial charge in [0.15, 0.2) is 0 Å². The molecule has 2 aliphatic heterocycles. The number of para-hydroxylation sites is 1. The SMILES string of the molecule is C=CCN1C(=O)c2ccccc2N2C(=O)CCC12C(=O)OCc1cc(=O)oc2cc(C)c(C)cc12. The van der Waals surface area contributed by atoms with Crippen LogP contribution in [0.3, 0.4) is 0 Å². The van der Waals surface area contributed by atoms with Crippen LogP contribution < -0.4 is 10.5 Å². The average Bonchev–Trinajstić information content (AvgIpc) is 3.19. The van der Waals surface area contributed by atoms with Crippen molar-refractivity contribution in [2.75, 3.05) is 11.4 Å². The van der Waals surface area contributed by atoms with Crippen LogP contribution in [0.5, 0.6) is 0 Å². The van der Waals surface area contributed by atoms with Crippen molar-refractivity contribution in [3.63, 3.8) is 0 Å². The van der Waals surface area contributed by atoms with Gasteiger partial charge in [-0.25, -0.2) is 9.59 Å². The van der Waals surface area contributed by atoms with Crippen LogP contribution in [0.15, 0.2) is 64.3 Å². The Kier molecular flexibility index (Phi) is 5.31. The Hall–Kier alpha value is -4.20. The van der Waals surface area contributed by atoms with Crippen LogP contribution in [0.1, 0.15) is 39.9 Å². The fraction of sp³-hybridized carbons (Fsp3) is 0.259. The van der Waals surface area contributed by atoms with E-state index in [1.807, 2.05) is 19.9 Å². The smallest absolute Gasteiger partial charge is 0.354 e. The number of benzene rings is 2. The van der Waals surface area contributed by atoms with E-state index in [0.29, 0.717) is 27.8 Å². The van der Waals surface area contributed by atoms with E-state index in [1.165, 1.54) is 21.9 Å². The summed E-state index contributed by atoms with van der Waals surface area (Å²) >= 11 is 0. The third-order valence-electron chi connectivity index (χ3n) is 6.82. The summed E-state index contributed by atoms with van der Waals surface area (Å²) in [5, 5.41) is 0.658. The van der Waals surface area contributed by atoms with Crippen LogP contribution >= 0.6 is 0 Å². The summed E-state index contributed by atoms with van der Waals surface area (Å²) < 4.78 is 11.1. The first kappa shape index (κ1) is 22.6. The average molecular weight is 472 g/mol. The number of anilines is 1. The van der Waals surface area contributed by atoms with E-state index in [4.69, 9.17) is 9.15 Å². The minimum atomic E-state index is -1.63. The quantitative estimate of drug-likeness (QED) is 0.320. The van der Waals surface area contributed by atoms with Crippen molar-refractivity contribution in [3.8, 4) is 0 Å². The second-order valence-electron chi connectivity index (χ2n) is 8.87. The van der Waals surface area contributed by atoms with Gasteiger partial charge in [-0.15, -0.1) is 6.58 Å². The van der Waals surface area contributed by atoms with Gasteiger partial charge in [-0.2, -0.15) is 0 Å². The molecule has 0 N–H and O–H groups in total.